The van der Waals surface area contributed by atoms with Crippen LogP contribution in [0.3, 0.4) is 0 Å². The number of aliphatic hydroxyl groups is 1. The van der Waals surface area contributed by atoms with Crippen LogP contribution in [0.15, 0.2) is 0 Å². The predicted molar refractivity (Wildman–Crippen MR) is 192 cm³/mol. The van der Waals surface area contributed by atoms with Gasteiger partial charge in [0.1, 0.15) is 6.04 Å². The van der Waals surface area contributed by atoms with Gasteiger partial charge in [0.15, 0.2) is 18.2 Å². The van der Waals surface area contributed by atoms with Crippen LogP contribution in [0.25, 0.3) is 0 Å². The summed E-state index contributed by atoms with van der Waals surface area (Å²) in [4.78, 5) is 36.6. The number of nitrogens with one attached hydrogen (secondary N) is 1. The van der Waals surface area contributed by atoms with Crippen LogP contribution in [0.1, 0.15) is 138 Å². The van der Waals surface area contributed by atoms with Gasteiger partial charge in [0.25, 0.3) is 0 Å². The summed E-state index contributed by atoms with van der Waals surface area (Å²) in [5.74, 6) is 1.87. The van der Waals surface area contributed by atoms with E-state index >= 15 is 0 Å². The Morgan fingerprint density at radius 2 is 1.58 bits per heavy atom. The maximum atomic E-state index is 12.7. The van der Waals surface area contributed by atoms with Crippen LogP contribution >= 0.6 is 0 Å². The number of carbonyl (C=O) groups excluding carboxylic acids is 1. The molecular formula is C42H67NO9. The molecule has 9 fully saturated rings. The second-order valence-electron chi connectivity index (χ2n) is 20.0. The average Bonchev–Trinajstić information content (AvgIpc) is 3.29. The third-order valence-corrected chi connectivity index (χ3v) is 17.4. The third-order valence-electron chi connectivity index (χ3n) is 17.4. The molecule has 1 amide bonds. The van der Waals surface area contributed by atoms with Crippen LogP contribution in [0.4, 0.5) is 0 Å². The van der Waals surface area contributed by atoms with Crippen molar-refractivity contribution in [2.75, 3.05) is 0 Å². The van der Waals surface area contributed by atoms with E-state index in [-0.39, 0.29) is 40.8 Å². The minimum atomic E-state index is -1.01. The molecule has 4 aliphatic heterocycles. The summed E-state index contributed by atoms with van der Waals surface area (Å²) >= 11 is 0. The van der Waals surface area contributed by atoms with E-state index in [1.807, 2.05) is 6.92 Å². The highest BCUT2D eigenvalue weighted by Crippen LogP contribution is 2.69. The Labute approximate surface area is 311 Å². The number of carboxylic acids is 1. The van der Waals surface area contributed by atoms with E-state index in [0.717, 1.165) is 64.2 Å². The molecule has 10 nitrogen and oxygen atoms in total. The van der Waals surface area contributed by atoms with Crippen LogP contribution < -0.4 is 5.32 Å². The zero-order valence-electron chi connectivity index (χ0n) is 32.8. The van der Waals surface area contributed by atoms with E-state index in [2.05, 4.69) is 39.9 Å². The fourth-order valence-corrected chi connectivity index (χ4v) is 14.4. The normalized spacial score (nSPS) is 53.3. The number of hydrogen-bond acceptors (Lipinski definition) is 8. The van der Waals surface area contributed by atoms with Crippen LogP contribution in [-0.4, -0.2) is 64.3 Å². The standard InChI is InChI=1S/C42H67NO9/c1-22(9-13-34(45)43-25(4)36(46)47)28-11-12-31-35-32(15-18-40(28,31)6)39(5)17-14-27(44)20-26(39)21-33(35)48-37-24(3)30-10-8-23(2)29-16-19-41(7)50-38(49-37)42(29,30)52-51-41/h22-33,35,37-38,44H,8-21H2,1-7H3,(H,43,45)(H,46,47)/t22-,23-,24-,25?,26?,27-,28-,29?,30?,31?,32?,33?,35?,37?,38?,39+,40-,41+,42-/m1/s1. The van der Waals surface area contributed by atoms with E-state index < -0.39 is 36.0 Å². The molecule has 9 rings (SSSR count). The molecule has 0 aromatic heterocycles. The number of fused-ring (bicyclic) bond motifs is 7. The largest absolute Gasteiger partial charge is 0.480 e. The highest BCUT2D eigenvalue weighted by Gasteiger charge is 2.70. The van der Waals surface area contributed by atoms with Crippen molar-refractivity contribution in [1.29, 1.82) is 0 Å². The molecule has 52 heavy (non-hydrogen) atoms. The molecule has 4 heterocycles. The second kappa shape index (κ2) is 13.4. The number of aliphatic carboxylic acids is 1. The molecule has 9 aliphatic rings. The van der Waals surface area contributed by atoms with Crippen molar-refractivity contribution in [3.8, 4) is 0 Å². The van der Waals surface area contributed by atoms with Crippen LogP contribution in [-0.2, 0) is 33.6 Å². The fraction of sp³-hybridized carbons (Fsp3) is 0.952. The van der Waals surface area contributed by atoms with Gasteiger partial charge >= 0.3 is 5.97 Å². The fourth-order valence-electron chi connectivity index (χ4n) is 14.4. The van der Waals surface area contributed by atoms with Crippen molar-refractivity contribution in [1.82, 2.24) is 5.32 Å². The lowest BCUT2D eigenvalue weighted by atomic mass is 9.43. The van der Waals surface area contributed by atoms with Crippen LogP contribution in [0.5, 0.6) is 0 Å². The molecule has 5 aliphatic carbocycles. The molecule has 0 radical (unpaired) electrons. The Morgan fingerprint density at radius 1 is 0.865 bits per heavy atom. The number of carboxylic acid groups (broad SMARTS) is 1. The Hall–Kier alpha value is -1.30. The van der Waals surface area contributed by atoms with E-state index in [1.165, 1.54) is 26.2 Å². The van der Waals surface area contributed by atoms with Gasteiger partial charge in [-0.25, -0.2) is 9.78 Å². The topological polar surface area (TPSA) is 133 Å². The molecule has 10 unspecified atom stereocenters. The Balaban J connectivity index is 1.05. The van der Waals surface area contributed by atoms with Gasteiger partial charge in [0.05, 0.1) is 12.2 Å². The molecule has 294 valence electrons. The molecular weight excluding hydrogens is 662 g/mol. The second-order valence-corrected chi connectivity index (χ2v) is 20.0. The first-order chi connectivity index (χ1) is 24.6. The van der Waals surface area contributed by atoms with Gasteiger partial charge in [-0.05, 0) is 149 Å². The van der Waals surface area contributed by atoms with Crippen LogP contribution in [0.2, 0.25) is 0 Å². The Morgan fingerprint density at radius 3 is 2.35 bits per heavy atom. The van der Waals surface area contributed by atoms with E-state index in [4.69, 9.17) is 24.0 Å². The molecule has 5 saturated carbocycles. The highest BCUT2D eigenvalue weighted by molar-refractivity contribution is 5.83. The maximum Gasteiger partial charge on any atom is 0.325 e. The first-order valence-corrected chi connectivity index (χ1v) is 21.2. The Bertz CT molecular complexity index is 1380. The number of hydrogen-bond donors (Lipinski definition) is 3. The molecule has 0 aromatic carbocycles. The number of rotatable bonds is 8. The van der Waals surface area contributed by atoms with Crippen molar-refractivity contribution < 1.29 is 43.8 Å². The zero-order valence-corrected chi connectivity index (χ0v) is 32.8. The van der Waals surface area contributed by atoms with E-state index in [9.17, 15) is 19.8 Å². The highest BCUT2D eigenvalue weighted by atomic mass is 17.3. The van der Waals surface area contributed by atoms with Gasteiger partial charge in [0, 0.05) is 24.7 Å². The van der Waals surface area contributed by atoms with Gasteiger partial charge in [-0.2, -0.15) is 0 Å². The smallest absolute Gasteiger partial charge is 0.325 e. The molecule has 1 spiro atoms. The van der Waals surface area contributed by atoms with Crippen molar-refractivity contribution in [3.05, 3.63) is 0 Å². The third kappa shape index (κ3) is 5.84. The number of ether oxygens (including phenoxy) is 3. The minimum absolute atomic E-state index is 0.0332. The predicted octanol–water partition coefficient (Wildman–Crippen LogP) is 7.21. The lowest BCUT2D eigenvalue weighted by Crippen LogP contribution is -2.71. The molecule has 3 N–H and O–H groups in total. The molecule has 4 saturated heterocycles. The van der Waals surface area contributed by atoms with Crippen molar-refractivity contribution in [2.45, 2.75) is 181 Å². The summed E-state index contributed by atoms with van der Waals surface area (Å²) in [5.41, 5.74) is -0.286. The number of carbonyl (C=O) groups is 2. The van der Waals surface area contributed by atoms with Crippen molar-refractivity contribution >= 4 is 11.9 Å². The lowest BCUT2D eigenvalue weighted by Gasteiger charge is -2.64. The molecule has 0 aromatic rings. The van der Waals surface area contributed by atoms with Gasteiger partial charge in [-0.1, -0.05) is 34.6 Å². The average molecular weight is 730 g/mol. The molecule has 10 heteroatoms. The first kappa shape index (κ1) is 37.6. The van der Waals surface area contributed by atoms with E-state index in [1.54, 1.807) is 0 Å². The Kier molecular flexibility index (Phi) is 9.71. The summed E-state index contributed by atoms with van der Waals surface area (Å²) in [6.07, 6.45) is 12.4. The quantitative estimate of drug-likeness (QED) is 0.175. The van der Waals surface area contributed by atoms with E-state index in [0.29, 0.717) is 53.8 Å². The zero-order chi connectivity index (χ0) is 37.0. The SMILES string of the molecule is CC(NC(=O)CC[C@@H](C)[C@H]1CCC2C3C(OC4OC5O[C@]6(C)CCC7[C@H](C)CCC([C@H]4C)[C@@]57OO6)CC4C[C@H](O)CC[C@]4(C)C3CC[C@@]21C)C(=O)O. The lowest BCUT2D eigenvalue weighted by molar-refractivity contribution is -0.578. The molecule has 19 atom stereocenters. The summed E-state index contributed by atoms with van der Waals surface area (Å²) in [7, 11) is 0. The van der Waals surface area contributed by atoms with Gasteiger partial charge < -0.3 is 29.7 Å². The minimum Gasteiger partial charge on any atom is -0.480 e. The summed E-state index contributed by atoms with van der Waals surface area (Å²) < 4.78 is 21.3. The monoisotopic (exact) mass is 729 g/mol. The summed E-state index contributed by atoms with van der Waals surface area (Å²) in [5, 5.41) is 22.9. The summed E-state index contributed by atoms with van der Waals surface area (Å²) in [6.45, 7) is 15.5. The van der Waals surface area contributed by atoms with Gasteiger partial charge in [-0.15, -0.1) is 0 Å². The number of aliphatic hydroxyl groups excluding tert-OH is 1. The van der Waals surface area contributed by atoms with Gasteiger partial charge in [-0.3, -0.25) is 9.59 Å². The maximum absolute atomic E-state index is 12.7. The van der Waals surface area contributed by atoms with Crippen LogP contribution in [0, 0.1) is 70.0 Å². The van der Waals surface area contributed by atoms with Crippen molar-refractivity contribution in [2.24, 2.45) is 70.0 Å². The van der Waals surface area contributed by atoms with Crippen molar-refractivity contribution in [3.63, 3.8) is 0 Å². The van der Waals surface area contributed by atoms with Gasteiger partial charge in [0.2, 0.25) is 11.7 Å². The summed E-state index contributed by atoms with van der Waals surface area (Å²) in [6, 6.07) is -0.876. The number of amides is 1. The molecule has 2 bridgehead atoms. The first-order valence-electron chi connectivity index (χ1n) is 21.2.